The van der Waals surface area contributed by atoms with Crippen LogP contribution in [0.3, 0.4) is 0 Å². The fourth-order valence-electron chi connectivity index (χ4n) is 2.97. The van der Waals surface area contributed by atoms with Gasteiger partial charge in [-0.25, -0.2) is 9.97 Å². The van der Waals surface area contributed by atoms with E-state index < -0.39 is 0 Å². The van der Waals surface area contributed by atoms with Crippen LogP contribution in [0.25, 0.3) is 0 Å². The minimum absolute atomic E-state index is 0.771. The maximum Gasteiger partial charge on any atom is 0.136 e. The number of piperidine rings is 1. The van der Waals surface area contributed by atoms with Gasteiger partial charge in [0.05, 0.1) is 0 Å². The highest BCUT2D eigenvalue weighted by atomic mass is 15.2. The average molecular weight is 291 g/mol. The lowest BCUT2D eigenvalue weighted by Crippen LogP contribution is -2.36. The molecular weight excluding hydrogens is 262 g/mol. The van der Waals surface area contributed by atoms with Crippen LogP contribution in [0.2, 0.25) is 0 Å². The van der Waals surface area contributed by atoms with Gasteiger partial charge in [-0.05, 0) is 52.2 Å². The third-order valence-electron chi connectivity index (χ3n) is 4.33. The summed E-state index contributed by atoms with van der Waals surface area (Å²) in [7, 11) is 4.36. The van der Waals surface area contributed by atoms with Crippen molar-refractivity contribution in [2.45, 2.75) is 33.1 Å². The molecule has 0 atom stereocenters. The number of aromatic nitrogens is 2. The smallest absolute Gasteiger partial charge is 0.136 e. The Labute approximate surface area is 128 Å². The molecule has 0 aromatic carbocycles. The van der Waals surface area contributed by atoms with E-state index in [1.54, 1.807) is 6.33 Å². The van der Waals surface area contributed by atoms with Crippen molar-refractivity contribution in [3.05, 3.63) is 11.9 Å². The van der Waals surface area contributed by atoms with Crippen LogP contribution in [0.5, 0.6) is 0 Å². The number of likely N-dealkylation sites (tertiary alicyclic amines) is 1. The van der Waals surface area contributed by atoms with E-state index in [9.17, 15) is 0 Å². The van der Waals surface area contributed by atoms with Crippen molar-refractivity contribution in [3.63, 3.8) is 0 Å². The van der Waals surface area contributed by atoms with Gasteiger partial charge in [0, 0.05) is 25.7 Å². The lowest BCUT2D eigenvalue weighted by atomic mass is 9.96. The Bertz CT molecular complexity index is 440. The molecule has 1 aliphatic rings. The summed E-state index contributed by atoms with van der Waals surface area (Å²) < 4.78 is 0. The molecule has 1 N–H and O–H groups in total. The van der Waals surface area contributed by atoms with Crippen LogP contribution >= 0.6 is 0 Å². The Kier molecular flexibility index (Phi) is 5.79. The standard InChI is InChI=1S/C16H29N5/c1-5-8-17-15-13(2)16(19-12-18-15)21(4)11-14-6-9-20(3)10-7-14/h12,14H,5-11H2,1-4H3,(H,17,18,19). The third kappa shape index (κ3) is 4.30. The molecule has 1 aromatic heterocycles. The van der Waals surface area contributed by atoms with E-state index in [0.29, 0.717) is 0 Å². The number of hydrogen-bond acceptors (Lipinski definition) is 5. The minimum Gasteiger partial charge on any atom is -0.370 e. The second kappa shape index (κ2) is 7.59. The van der Waals surface area contributed by atoms with Gasteiger partial charge in [-0.2, -0.15) is 0 Å². The highest BCUT2D eigenvalue weighted by Gasteiger charge is 2.20. The van der Waals surface area contributed by atoms with E-state index in [0.717, 1.165) is 42.6 Å². The number of nitrogens with zero attached hydrogens (tertiary/aromatic N) is 4. The highest BCUT2D eigenvalue weighted by molar-refractivity contribution is 5.57. The lowest BCUT2D eigenvalue weighted by molar-refractivity contribution is 0.222. The van der Waals surface area contributed by atoms with Crippen molar-refractivity contribution in [3.8, 4) is 0 Å². The second-order valence-corrected chi connectivity index (χ2v) is 6.22. The molecule has 1 saturated heterocycles. The van der Waals surface area contributed by atoms with Gasteiger partial charge < -0.3 is 15.1 Å². The SMILES string of the molecule is CCCNc1ncnc(N(C)CC2CCN(C)CC2)c1C. The predicted molar refractivity (Wildman–Crippen MR) is 89.0 cm³/mol. The van der Waals surface area contributed by atoms with E-state index >= 15 is 0 Å². The topological polar surface area (TPSA) is 44.3 Å². The van der Waals surface area contributed by atoms with Crippen molar-refractivity contribution in [1.29, 1.82) is 0 Å². The van der Waals surface area contributed by atoms with Crippen LogP contribution in [-0.2, 0) is 0 Å². The first kappa shape index (κ1) is 16.0. The van der Waals surface area contributed by atoms with Gasteiger partial charge in [0.2, 0.25) is 0 Å². The summed E-state index contributed by atoms with van der Waals surface area (Å²) in [6.45, 7) is 8.74. The molecule has 0 saturated carbocycles. The Morgan fingerprint density at radius 2 is 2.05 bits per heavy atom. The van der Waals surface area contributed by atoms with E-state index in [1.807, 2.05) is 0 Å². The number of anilines is 2. The van der Waals surface area contributed by atoms with E-state index in [2.05, 4.69) is 53.0 Å². The molecule has 118 valence electrons. The van der Waals surface area contributed by atoms with Gasteiger partial charge in [-0.15, -0.1) is 0 Å². The quantitative estimate of drug-likeness (QED) is 0.872. The number of hydrogen-bond donors (Lipinski definition) is 1. The molecule has 0 radical (unpaired) electrons. The normalized spacial score (nSPS) is 17.0. The number of nitrogens with one attached hydrogen (secondary N) is 1. The monoisotopic (exact) mass is 291 g/mol. The van der Waals surface area contributed by atoms with Gasteiger partial charge in [0.1, 0.15) is 18.0 Å². The van der Waals surface area contributed by atoms with Crippen LogP contribution in [0.15, 0.2) is 6.33 Å². The Morgan fingerprint density at radius 1 is 1.33 bits per heavy atom. The first-order valence-corrected chi connectivity index (χ1v) is 8.07. The van der Waals surface area contributed by atoms with Crippen molar-refractivity contribution < 1.29 is 0 Å². The van der Waals surface area contributed by atoms with Gasteiger partial charge >= 0.3 is 0 Å². The fourth-order valence-corrected chi connectivity index (χ4v) is 2.97. The molecule has 5 nitrogen and oxygen atoms in total. The molecule has 0 spiro atoms. The summed E-state index contributed by atoms with van der Waals surface area (Å²) in [5, 5.41) is 3.38. The zero-order chi connectivity index (χ0) is 15.2. The van der Waals surface area contributed by atoms with E-state index in [-0.39, 0.29) is 0 Å². The summed E-state index contributed by atoms with van der Waals surface area (Å²) in [6, 6.07) is 0. The van der Waals surface area contributed by atoms with E-state index in [1.165, 1.54) is 25.9 Å². The fraction of sp³-hybridized carbons (Fsp3) is 0.750. The molecule has 1 aromatic rings. The summed E-state index contributed by atoms with van der Waals surface area (Å²) in [5.74, 6) is 2.80. The molecule has 0 aliphatic carbocycles. The molecule has 1 fully saturated rings. The number of rotatable bonds is 6. The molecular formula is C16H29N5. The molecule has 0 amide bonds. The summed E-state index contributed by atoms with van der Waals surface area (Å²) in [5.41, 5.74) is 1.15. The molecule has 21 heavy (non-hydrogen) atoms. The second-order valence-electron chi connectivity index (χ2n) is 6.22. The van der Waals surface area contributed by atoms with Gasteiger partial charge in [0.25, 0.3) is 0 Å². The van der Waals surface area contributed by atoms with Crippen LogP contribution in [-0.4, -0.2) is 55.1 Å². The molecule has 0 bridgehead atoms. The van der Waals surface area contributed by atoms with Crippen molar-refractivity contribution >= 4 is 11.6 Å². The predicted octanol–water partition coefficient (Wildman–Crippen LogP) is 2.38. The highest BCUT2D eigenvalue weighted by Crippen LogP contribution is 2.24. The first-order chi connectivity index (χ1) is 10.1. The van der Waals surface area contributed by atoms with Crippen LogP contribution in [0.1, 0.15) is 31.7 Å². The molecule has 0 unspecified atom stereocenters. The Morgan fingerprint density at radius 3 is 2.71 bits per heavy atom. The van der Waals surface area contributed by atoms with Crippen molar-refractivity contribution in [1.82, 2.24) is 14.9 Å². The van der Waals surface area contributed by atoms with Crippen molar-refractivity contribution in [2.24, 2.45) is 5.92 Å². The lowest BCUT2D eigenvalue weighted by Gasteiger charge is -2.32. The molecule has 5 heteroatoms. The molecule has 2 rings (SSSR count). The van der Waals surface area contributed by atoms with Gasteiger partial charge in [-0.1, -0.05) is 6.92 Å². The average Bonchev–Trinajstić information content (AvgIpc) is 2.48. The van der Waals surface area contributed by atoms with Crippen LogP contribution < -0.4 is 10.2 Å². The van der Waals surface area contributed by atoms with Crippen LogP contribution in [0.4, 0.5) is 11.6 Å². The Hall–Kier alpha value is -1.36. The van der Waals surface area contributed by atoms with Crippen LogP contribution in [0, 0.1) is 12.8 Å². The summed E-state index contributed by atoms with van der Waals surface area (Å²) in [6.07, 6.45) is 5.34. The summed E-state index contributed by atoms with van der Waals surface area (Å²) >= 11 is 0. The van der Waals surface area contributed by atoms with Crippen molar-refractivity contribution in [2.75, 3.05) is 50.5 Å². The molecule has 2 heterocycles. The third-order valence-corrected chi connectivity index (χ3v) is 4.33. The van der Waals surface area contributed by atoms with Gasteiger partial charge in [0.15, 0.2) is 0 Å². The molecule has 1 aliphatic heterocycles. The summed E-state index contributed by atoms with van der Waals surface area (Å²) in [4.78, 5) is 13.6. The first-order valence-electron chi connectivity index (χ1n) is 8.07. The zero-order valence-electron chi connectivity index (χ0n) is 13.9. The van der Waals surface area contributed by atoms with Gasteiger partial charge in [-0.3, -0.25) is 0 Å². The largest absolute Gasteiger partial charge is 0.370 e. The maximum atomic E-state index is 4.49. The van der Waals surface area contributed by atoms with E-state index in [4.69, 9.17) is 0 Å². The zero-order valence-corrected chi connectivity index (χ0v) is 13.9. The Balaban J connectivity index is 1.99. The minimum atomic E-state index is 0.771. The maximum absolute atomic E-state index is 4.49.